The van der Waals surface area contributed by atoms with Crippen LogP contribution in [0.3, 0.4) is 0 Å². The van der Waals surface area contributed by atoms with E-state index in [0.29, 0.717) is 5.92 Å². The molecule has 0 aromatic rings. The lowest BCUT2D eigenvalue weighted by molar-refractivity contribution is -0.00403. The van der Waals surface area contributed by atoms with Crippen LogP contribution >= 0.6 is 12.4 Å². The zero-order valence-electron chi connectivity index (χ0n) is 5.21. The second kappa shape index (κ2) is 2.45. The number of hydrogen-bond acceptors (Lipinski definition) is 2. The minimum Gasteiger partial charge on any atom is -0.393 e. The molecule has 2 rings (SSSR count). The zero-order valence-corrected chi connectivity index (χ0v) is 6.03. The average Bonchev–Trinajstić information content (AvgIpc) is 2.09. The summed E-state index contributed by atoms with van der Waals surface area (Å²) >= 11 is 0. The molecule has 1 heterocycles. The SMILES string of the molecule is Cl.OC1CC2CNCC12. The maximum atomic E-state index is 9.08. The molecule has 0 amide bonds. The highest BCUT2D eigenvalue weighted by Crippen LogP contribution is 2.36. The van der Waals surface area contributed by atoms with Gasteiger partial charge in [0.25, 0.3) is 0 Å². The highest BCUT2D eigenvalue weighted by atomic mass is 35.5. The molecule has 1 aliphatic heterocycles. The summed E-state index contributed by atoms with van der Waals surface area (Å²) in [6.07, 6.45) is 1.06. The van der Waals surface area contributed by atoms with Crippen molar-refractivity contribution in [2.45, 2.75) is 12.5 Å². The first-order valence-electron chi connectivity index (χ1n) is 3.26. The summed E-state index contributed by atoms with van der Waals surface area (Å²) in [4.78, 5) is 0. The molecule has 2 fully saturated rings. The Morgan fingerprint density at radius 1 is 1.33 bits per heavy atom. The highest BCUT2D eigenvalue weighted by Gasteiger charge is 2.42. The van der Waals surface area contributed by atoms with E-state index >= 15 is 0 Å². The molecule has 3 heteroatoms. The molecule has 0 spiro atoms. The predicted molar refractivity (Wildman–Crippen MR) is 37.7 cm³/mol. The van der Waals surface area contributed by atoms with Crippen LogP contribution in [0, 0.1) is 11.8 Å². The van der Waals surface area contributed by atoms with Crippen molar-refractivity contribution in [1.82, 2.24) is 5.32 Å². The van der Waals surface area contributed by atoms with E-state index in [2.05, 4.69) is 5.32 Å². The molecule has 0 bridgehead atoms. The van der Waals surface area contributed by atoms with Crippen LogP contribution in [0.5, 0.6) is 0 Å². The van der Waals surface area contributed by atoms with E-state index < -0.39 is 0 Å². The van der Waals surface area contributed by atoms with Crippen molar-refractivity contribution in [3.8, 4) is 0 Å². The fraction of sp³-hybridized carbons (Fsp3) is 1.00. The van der Waals surface area contributed by atoms with E-state index in [1.54, 1.807) is 0 Å². The monoisotopic (exact) mass is 149 g/mol. The zero-order chi connectivity index (χ0) is 5.56. The third-order valence-corrected chi connectivity index (χ3v) is 2.43. The normalized spacial score (nSPS) is 47.0. The van der Waals surface area contributed by atoms with Gasteiger partial charge in [0.1, 0.15) is 0 Å². The number of rotatable bonds is 0. The third-order valence-electron chi connectivity index (χ3n) is 2.43. The molecule has 3 atom stereocenters. The lowest BCUT2D eigenvalue weighted by atomic mass is 9.74. The van der Waals surface area contributed by atoms with Crippen molar-refractivity contribution in [3.63, 3.8) is 0 Å². The lowest BCUT2D eigenvalue weighted by Crippen LogP contribution is -2.39. The van der Waals surface area contributed by atoms with Gasteiger partial charge in [0.05, 0.1) is 6.10 Å². The van der Waals surface area contributed by atoms with E-state index in [-0.39, 0.29) is 18.5 Å². The van der Waals surface area contributed by atoms with Crippen LogP contribution in [0.2, 0.25) is 0 Å². The number of hydrogen-bond donors (Lipinski definition) is 2. The third kappa shape index (κ3) is 0.955. The van der Waals surface area contributed by atoms with Crippen LogP contribution in [0.15, 0.2) is 0 Å². The van der Waals surface area contributed by atoms with Crippen LogP contribution < -0.4 is 5.32 Å². The molecule has 0 aromatic carbocycles. The van der Waals surface area contributed by atoms with E-state index in [9.17, 15) is 0 Å². The topological polar surface area (TPSA) is 32.3 Å². The fourth-order valence-corrected chi connectivity index (χ4v) is 1.75. The Morgan fingerprint density at radius 3 is 2.56 bits per heavy atom. The molecule has 54 valence electrons. The van der Waals surface area contributed by atoms with E-state index in [0.717, 1.165) is 25.4 Å². The van der Waals surface area contributed by atoms with Crippen LogP contribution in [0.4, 0.5) is 0 Å². The van der Waals surface area contributed by atoms with Crippen LogP contribution in [0.25, 0.3) is 0 Å². The molecular formula is C6H12ClNO. The molecule has 2 nitrogen and oxygen atoms in total. The molecule has 3 unspecified atom stereocenters. The molecule has 9 heavy (non-hydrogen) atoms. The van der Waals surface area contributed by atoms with Crippen molar-refractivity contribution in [2.75, 3.05) is 13.1 Å². The molecule has 2 aliphatic rings. The van der Waals surface area contributed by atoms with Gasteiger partial charge >= 0.3 is 0 Å². The quantitative estimate of drug-likeness (QED) is 0.509. The maximum absolute atomic E-state index is 9.08. The van der Waals surface area contributed by atoms with Crippen LogP contribution in [-0.2, 0) is 0 Å². The Labute approximate surface area is 61.0 Å². The molecule has 2 N–H and O–H groups in total. The van der Waals surface area contributed by atoms with E-state index in [4.69, 9.17) is 5.11 Å². The van der Waals surface area contributed by atoms with Gasteiger partial charge in [-0.25, -0.2) is 0 Å². The first-order valence-corrected chi connectivity index (χ1v) is 3.26. The Balaban J connectivity index is 0.000000405. The largest absolute Gasteiger partial charge is 0.393 e. The number of fused-ring (bicyclic) bond motifs is 1. The first kappa shape index (κ1) is 7.32. The summed E-state index contributed by atoms with van der Waals surface area (Å²) in [7, 11) is 0. The smallest absolute Gasteiger partial charge is 0.0586 e. The predicted octanol–water partition coefficient (Wildman–Crippen LogP) is 0.00840. The Morgan fingerprint density at radius 2 is 2.11 bits per heavy atom. The van der Waals surface area contributed by atoms with Gasteiger partial charge in [0, 0.05) is 12.5 Å². The number of nitrogens with one attached hydrogen (secondary N) is 1. The first-order chi connectivity index (χ1) is 3.88. The van der Waals surface area contributed by atoms with Crippen molar-refractivity contribution in [3.05, 3.63) is 0 Å². The second-order valence-electron chi connectivity index (χ2n) is 2.89. The van der Waals surface area contributed by atoms with Gasteiger partial charge in [-0.05, 0) is 18.9 Å². The van der Waals surface area contributed by atoms with Gasteiger partial charge in [-0.2, -0.15) is 0 Å². The van der Waals surface area contributed by atoms with Crippen molar-refractivity contribution in [1.29, 1.82) is 0 Å². The maximum Gasteiger partial charge on any atom is 0.0586 e. The van der Waals surface area contributed by atoms with Gasteiger partial charge in [-0.15, -0.1) is 12.4 Å². The summed E-state index contributed by atoms with van der Waals surface area (Å²) in [6, 6.07) is 0. The number of halogens is 1. The Bertz CT molecular complexity index is 109. The van der Waals surface area contributed by atoms with Gasteiger partial charge in [-0.1, -0.05) is 0 Å². The fourth-order valence-electron chi connectivity index (χ4n) is 1.75. The number of aliphatic hydroxyl groups is 1. The van der Waals surface area contributed by atoms with Gasteiger partial charge in [0.15, 0.2) is 0 Å². The summed E-state index contributed by atoms with van der Waals surface area (Å²) in [5.41, 5.74) is 0. The summed E-state index contributed by atoms with van der Waals surface area (Å²) in [6.45, 7) is 2.19. The van der Waals surface area contributed by atoms with Crippen LogP contribution in [0.1, 0.15) is 6.42 Å². The standard InChI is InChI=1S/C6H11NO.ClH/c8-6-1-4-2-7-3-5(4)6;/h4-8H,1-3H2;1H. The Kier molecular flexibility index (Phi) is 1.99. The molecule has 1 aliphatic carbocycles. The molecule has 1 saturated carbocycles. The van der Waals surface area contributed by atoms with Gasteiger partial charge in [0.2, 0.25) is 0 Å². The minimum atomic E-state index is 0. The molecule has 1 saturated heterocycles. The van der Waals surface area contributed by atoms with Crippen molar-refractivity contribution >= 4 is 12.4 Å². The second-order valence-corrected chi connectivity index (χ2v) is 2.89. The summed E-state index contributed by atoms with van der Waals surface area (Å²) < 4.78 is 0. The molecule has 0 radical (unpaired) electrons. The minimum absolute atomic E-state index is 0. The lowest BCUT2D eigenvalue weighted by Gasteiger charge is -2.35. The van der Waals surface area contributed by atoms with Gasteiger partial charge in [-0.3, -0.25) is 0 Å². The van der Waals surface area contributed by atoms with E-state index in [1.807, 2.05) is 0 Å². The van der Waals surface area contributed by atoms with Crippen molar-refractivity contribution in [2.24, 2.45) is 11.8 Å². The Hall–Kier alpha value is 0.210. The average molecular weight is 150 g/mol. The van der Waals surface area contributed by atoms with Crippen molar-refractivity contribution < 1.29 is 5.11 Å². The van der Waals surface area contributed by atoms with Gasteiger partial charge < -0.3 is 10.4 Å². The molecular weight excluding hydrogens is 138 g/mol. The van der Waals surface area contributed by atoms with E-state index in [1.165, 1.54) is 0 Å². The molecule has 0 aromatic heterocycles. The number of aliphatic hydroxyl groups excluding tert-OH is 1. The van der Waals surface area contributed by atoms with Crippen LogP contribution in [-0.4, -0.2) is 24.3 Å². The summed E-state index contributed by atoms with van der Waals surface area (Å²) in [5.74, 6) is 1.42. The summed E-state index contributed by atoms with van der Waals surface area (Å²) in [5, 5.41) is 12.3. The highest BCUT2D eigenvalue weighted by molar-refractivity contribution is 5.85.